The van der Waals surface area contributed by atoms with Crippen LogP contribution >= 0.6 is 11.6 Å². The van der Waals surface area contributed by atoms with Crippen LogP contribution in [0.5, 0.6) is 0 Å². The lowest BCUT2D eigenvalue weighted by molar-refractivity contribution is 0.0703. The van der Waals surface area contributed by atoms with E-state index in [9.17, 15) is 4.79 Å². The highest BCUT2D eigenvalue weighted by Gasteiger charge is 2.34. The molecule has 1 aliphatic heterocycles. The number of halogens is 1. The molecule has 0 unspecified atom stereocenters. The van der Waals surface area contributed by atoms with Gasteiger partial charge in [-0.15, -0.1) is 0 Å². The molecule has 134 valence electrons. The molecule has 1 fully saturated rings. The summed E-state index contributed by atoms with van der Waals surface area (Å²) in [5.74, 6) is 1.34. The molecular weight excluding hydrogens is 352 g/mol. The van der Waals surface area contributed by atoms with Crippen molar-refractivity contribution >= 4 is 17.5 Å². The van der Waals surface area contributed by atoms with Crippen molar-refractivity contribution in [3.8, 4) is 0 Å². The SMILES string of the molecule is Cn1nccc1C(=O)N1CCC[C@@H]1c1ncc(Cc2ccc(Cl)cc2)o1. The predicted molar refractivity (Wildman–Crippen MR) is 97.0 cm³/mol. The zero-order valence-electron chi connectivity index (χ0n) is 14.4. The molecule has 0 spiro atoms. The Hall–Kier alpha value is -2.60. The van der Waals surface area contributed by atoms with Crippen LogP contribution in [0.3, 0.4) is 0 Å². The lowest BCUT2D eigenvalue weighted by atomic mass is 10.1. The zero-order chi connectivity index (χ0) is 18.1. The van der Waals surface area contributed by atoms with Gasteiger partial charge in [-0.25, -0.2) is 4.98 Å². The quantitative estimate of drug-likeness (QED) is 0.703. The van der Waals surface area contributed by atoms with Gasteiger partial charge in [0.05, 0.1) is 6.20 Å². The Bertz CT molecular complexity index is 916. The molecular formula is C19H19ClN4O2. The number of hydrogen-bond donors (Lipinski definition) is 0. The van der Waals surface area contributed by atoms with Gasteiger partial charge in [-0.3, -0.25) is 9.48 Å². The lowest BCUT2D eigenvalue weighted by Gasteiger charge is -2.22. The normalized spacial score (nSPS) is 17.0. The highest BCUT2D eigenvalue weighted by Crippen LogP contribution is 2.33. The molecule has 0 saturated carbocycles. The van der Waals surface area contributed by atoms with Gasteiger partial charge in [0.25, 0.3) is 5.91 Å². The number of carbonyl (C=O) groups excluding carboxylic acids is 1. The van der Waals surface area contributed by atoms with Crippen LogP contribution in [0.1, 0.15) is 46.6 Å². The second kappa shape index (κ2) is 6.96. The first-order chi connectivity index (χ1) is 12.6. The molecule has 1 atom stereocenters. The highest BCUT2D eigenvalue weighted by atomic mass is 35.5. The summed E-state index contributed by atoms with van der Waals surface area (Å²) in [6.07, 6.45) is 5.81. The molecule has 0 N–H and O–H groups in total. The molecule has 3 heterocycles. The molecule has 6 nitrogen and oxygen atoms in total. The molecule has 7 heteroatoms. The van der Waals surface area contributed by atoms with E-state index < -0.39 is 0 Å². The first-order valence-corrected chi connectivity index (χ1v) is 8.97. The van der Waals surface area contributed by atoms with Gasteiger partial charge in [-0.2, -0.15) is 5.10 Å². The fraction of sp³-hybridized carbons (Fsp3) is 0.316. The summed E-state index contributed by atoms with van der Waals surface area (Å²) in [5.41, 5.74) is 1.68. The van der Waals surface area contributed by atoms with E-state index in [4.69, 9.17) is 16.0 Å². The molecule has 0 bridgehead atoms. The molecule has 1 amide bonds. The number of carbonyl (C=O) groups is 1. The fourth-order valence-electron chi connectivity index (χ4n) is 3.36. The summed E-state index contributed by atoms with van der Waals surface area (Å²) >= 11 is 5.92. The van der Waals surface area contributed by atoms with Gasteiger partial charge in [-0.05, 0) is 36.6 Å². The Morgan fingerprint density at radius 2 is 2.12 bits per heavy atom. The topological polar surface area (TPSA) is 64.2 Å². The van der Waals surface area contributed by atoms with Crippen molar-refractivity contribution in [3.63, 3.8) is 0 Å². The Kier molecular flexibility index (Phi) is 4.51. The third-order valence-corrected chi connectivity index (χ3v) is 4.95. The van der Waals surface area contributed by atoms with Crippen molar-refractivity contribution in [1.29, 1.82) is 0 Å². The van der Waals surface area contributed by atoms with Crippen LogP contribution in [0.25, 0.3) is 0 Å². The molecule has 4 rings (SSSR count). The van der Waals surface area contributed by atoms with E-state index in [1.165, 1.54) is 0 Å². The number of nitrogens with zero attached hydrogens (tertiary/aromatic N) is 4. The number of aryl methyl sites for hydroxylation is 1. The minimum atomic E-state index is -0.128. The van der Waals surface area contributed by atoms with Crippen LogP contribution in [0.4, 0.5) is 0 Å². The maximum atomic E-state index is 12.8. The first kappa shape index (κ1) is 16.8. The van der Waals surface area contributed by atoms with Gasteiger partial charge in [0.2, 0.25) is 5.89 Å². The van der Waals surface area contributed by atoms with Crippen LogP contribution in [-0.4, -0.2) is 32.1 Å². The maximum Gasteiger partial charge on any atom is 0.272 e. The van der Waals surface area contributed by atoms with Crippen LogP contribution in [-0.2, 0) is 13.5 Å². The van der Waals surface area contributed by atoms with E-state index in [-0.39, 0.29) is 11.9 Å². The number of rotatable bonds is 4. The van der Waals surface area contributed by atoms with Crippen molar-refractivity contribution in [3.05, 3.63) is 70.7 Å². The smallest absolute Gasteiger partial charge is 0.272 e. The van der Waals surface area contributed by atoms with Gasteiger partial charge in [0.15, 0.2) is 0 Å². The second-order valence-corrected chi connectivity index (χ2v) is 6.90. The van der Waals surface area contributed by atoms with Gasteiger partial charge >= 0.3 is 0 Å². The van der Waals surface area contributed by atoms with Gasteiger partial charge in [0, 0.05) is 31.2 Å². The second-order valence-electron chi connectivity index (χ2n) is 6.46. The van der Waals surface area contributed by atoms with Crippen LogP contribution < -0.4 is 0 Å². The Morgan fingerprint density at radius 1 is 1.31 bits per heavy atom. The summed E-state index contributed by atoms with van der Waals surface area (Å²) in [6, 6.07) is 9.27. The average molecular weight is 371 g/mol. The van der Waals surface area contributed by atoms with Gasteiger partial charge in [0.1, 0.15) is 17.5 Å². The van der Waals surface area contributed by atoms with Crippen molar-refractivity contribution in [1.82, 2.24) is 19.7 Å². The third-order valence-electron chi connectivity index (χ3n) is 4.70. The minimum absolute atomic E-state index is 0.0371. The minimum Gasteiger partial charge on any atom is -0.443 e. The molecule has 1 aliphatic rings. The van der Waals surface area contributed by atoms with E-state index in [1.807, 2.05) is 29.2 Å². The highest BCUT2D eigenvalue weighted by molar-refractivity contribution is 6.30. The summed E-state index contributed by atoms with van der Waals surface area (Å²) in [7, 11) is 1.77. The van der Waals surface area contributed by atoms with Crippen LogP contribution in [0.15, 0.2) is 47.1 Å². The molecule has 3 aromatic rings. The fourth-order valence-corrected chi connectivity index (χ4v) is 3.49. The van der Waals surface area contributed by atoms with Crippen molar-refractivity contribution in [2.75, 3.05) is 6.54 Å². The molecule has 26 heavy (non-hydrogen) atoms. The zero-order valence-corrected chi connectivity index (χ0v) is 15.2. The van der Waals surface area contributed by atoms with E-state index in [0.717, 1.165) is 24.2 Å². The number of benzene rings is 1. The van der Waals surface area contributed by atoms with E-state index in [2.05, 4.69) is 10.1 Å². The van der Waals surface area contributed by atoms with E-state index in [0.29, 0.717) is 29.6 Å². The van der Waals surface area contributed by atoms with Crippen LogP contribution in [0.2, 0.25) is 5.02 Å². The van der Waals surface area contributed by atoms with E-state index in [1.54, 1.807) is 30.2 Å². The standard InChI is InChI=1S/C19H19ClN4O2/c1-23-17(8-9-22-23)19(25)24-10-2-3-16(24)18-21-12-15(26-18)11-13-4-6-14(20)7-5-13/h4-9,12,16H,2-3,10-11H2,1H3/t16-/m1/s1. The lowest BCUT2D eigenvalue weighted by Crippen LogP contribution is -2.32. The number of oxazole rings is 1. The van der Waals surface area contributed by atoms with Crippen LogP contribution in [0, 0.1) is 0 Å². The summed E-state index contributed by atoms with van der Waals surface area (Å²) in [6.45, 7) is 0.698. The van der Waals surface area contributed by atoms with Crippen molar-refractivity contribution in [2.45, 2.75) is 25.3 Å². The summed E-state index contributed by atoms with van der Waals surface area (Å²) in [5, 5.41) is 4.80. The Labute approximate surface area is 156 Å². The first-order valence-electron chi connectivity index (χ1n) is 8.60. The Morgan fingerprint density at radius 3 is 2.85 bits per heavy atom. The largest absolute Gasteiger partial charge is 0.443 e. The van der Waals surface area contributed by atoms with Crippen molar-refractivity contribution in [2.24, 2.45) is 7.05 Å². The third kappa shape index (κ3) is 3.24. The maximum absolute atomic E-state index is 12.8. The summed E-state index contributed by atoms with van der Waals surface area (Å²) < 4.78 is 7.57. The average Bonchev–Trinajstić information content (AvgIpc) is 3.36. The monoisotopic (exact) mass is 370 g/mol. The number of likely N-dealkylation sites (tertiary alicyclic amines) is 1. The van der Waals surface area contributed by atoms with Crippen molar-refractivity contribution < 1.29 is 9.21 Å². The van der Waals surface area contributed by atoms with Gasteiger partial charge in [-0.1, -0.05) is 23.7 Å². The number of amides is 1. The molecule has 1 aromatic carbocycles. The Balaban J connectivity index is 1.52. The summed E-state index contributed by atoms with van der Waals surface area (Å²) in [4.78, 5) is 19.1. The molecule has 0 aliphatic carbocycles. The molecule has 2 aromatic heterocycles. The molecule has 0 radical (unpaired) electrons. The predicted octanol–water partition coefficient (Wildman–Crippen LogP) is 3.63. The molecule has 1 saturated heterocycles. The van der Waals surface area contributed by atoms with Gasteiger partial charge < -0.3 is 9.32 Å². The number of hydrogen-bond acceptors (Lipinski definition) is 4. The van der Waals surface area contributed by atoms with E-state index >= 15 is 0 Å². The number of aromatic nitrogens is 3.